The number of carbonyl (C=O) groups excluding carboxylic acids is 2. The smallest absolute Gasteiger partial charge is 0.355 e. The molecule has 134 valence electrons. The number of rotatable bonds is 7. The quantitative estimate of drug-likeness (QED) is 0.473. The molecular formula is C21H22N2O3. The van der Waals surface area contributed by atoms with Gasteiger partial charge < -0.3 is 15.0 Å². The molecule has 0 saturated heterocycles. The molecule has 0 aliphatic carbocycles. The number of nitrogens with one attached hydrogen (secondary N) is 1. The Morgan fingerprint density at radius 3 is 2.31 bits per heavy atom. The molecule has 0 spiro atoms. The SMILES string of the molecule is C=CCOC(=O)C(=Cc1ccc(N(C)C)cc1)NC(=O)c1ccccc1. The molecule has 0 aromatic heterocycles. The zero-order chi connectivity index (χ0) is 18.9. The Balaban J connectivity index is 2.26. The summed E-state index contributed by atoms with van der Waals surface area (Å²) in [5.74, 6) is -0.997. The number of benzene rings is 2. The lowest BCUT2D eigenvalue weighted by Crippen LogP contribution is -2.28. The van der Waals surface area contributed by atoms with Crippen molar-refractivity contribution >= 4 is 23.6 Å². The predicted octanol–water partition coefficient (Wildman–Crippen LogP) is 3.25. The van der Waals surface area contributed by atoms with Gasteiger partial charge in [0.05, 0.1) is 0 Å². The maximum Gasteiger partial charge on any atom is 0.355 e. The van der Waals surface area contributed by atoms with Crippen LogP contribution in [0, 0.1) is 0 Å². The van der Waals surface area contributed by atoms with Crippen LogP contribution in [0.25, 0.3) is 6.08 Å². The normalized spacial score (nSPS) is 10.8. The molecule has 0 fully saturated rings. The van der Waals surface area contributed by atoms with E-state index in [2.05, 4.69) is 11.9 Å². The molecule has 5 nitrogen and oxygen atoms in total. The van der Waals surface area contributed by atoms with Crippen LogP contribution in [0.5, 0.6) is 0 Å². The van der Waals surface area contributed by atoms with Crippen molar-refractivity contribution in [2.45, 2.75) is 0 Å². The Morgan fingerprint density at radius 1 is 1.08 bits per heavy atom. The summed E-state index contributed by atoms with van der Waals surface area (Å²) in [5, 5.41) is 2.63. The van der Waals surface area contributed by atoms with Crippen molar-refractivity contribution in [2.75, 3.05) is 25.6 Å². The van der Waals surface area contributed by atoms with Crippen LogP contribution in [0.4, 0.5) is 5.69 Å². The molecule has 0 atom stereocenters. The van der Waals surface area contributed by atoms with Gasteiger partial charge in [0.25, 0.3) is 5.91 Å². The Labute approximate surface area is 153 Å². The Bertz CT molecular complexity index is 794. The zero-order valence-corrected chi connectivity index (χ0v) is 14.9. The van der Waals surface area contributed by atoms with Crippen molar-refractivity contribution in [3.8, 4) is 0 Å². The van der Waals surface area contributed by atoms with E-state index in [4.69, 9.17) is 4.74 Å². The second-order valence-corrected chi connectivity index (χ2v) is 5.75. The number of nitrogens with zero attached hydrogens (tertiary/aromatic N) is 1. The van der Waals surface area contributed by atoms with Crippen molar-refractivity contribution in [2.24, 2.45) is 0 Å². The number of carbonyl (C=O) groups is 2. The molecule has 0 aliphatic rings. The van der Waals surface area contributed by atoms with E-state index in [1.54, 1.807) is 30.3 Å². The molecular weight excluding hydrogens is 328 g/mol. The monoisotopic (exact) mass is 350 g/mol. The standard InChI is InChI=1S/C21H22N2O3/c1-4-14-26-21(25)19(22-20(24)17-8-6-5-7-9-17)15-16-10-12-18(13-11-16)23(2)3/h4-13,15H,1,14H2,2-3H3,(H,22,24). The van der Waals surface area contributed by atoms with E-state index >= 15 is 0 Å². The molecule has 0 unspecified atom stereocenters. The van der Waals surface area contributed by atoms with E-state index in [-0.39, 0.29) is 18.2 Å². The molecule has 0 heterocycles. The minimum absolute atomic E-state index is 0.0664. The summed E-state index contributed by atoms with van der Waals surface area (Å²) in [5.41, 5.74) is 2.33. The number of amides is 1. The molecule has 2 aromatic carbocycles. The third-order valence-corrected chi connectivity index (χ3v) is 3.56. The van der Waals surface area contributed by atoms with Crippen molar-refractivity contribution in [1.29, 1.82) is 0 Å². The second kappa shape index (κ2) is 9.22. The molecule has 0 aliphatic heterocycles. The van der Waals surface area contributed by atoms with Crippen LogP contribution < -0.4 is 10.2 Å². The van der Waals surface area contributed by atoms with E-state index in [9.17, 15) is 9.59 Å². The van der Waals surface area contributed by atoms with E-state index in [1.165, 1.54) is 6.08 Å². The van der Waals surface area contributed by atoms with Crippen LogP contribution in [-0.4, -0.2) is 32.6 Å². The third-order valence-electron chi connectivity index (χ3n) is 3.56. The maximum absolute atomic E-state index is 12.4. The molecule has 1 amide bonds. The van der Waals surface area contributed by atoms with E-state index in [1.807, 2.05) is 49.3 Å². The van der Waals surface area contributed by atoms with Crippen molar-refractivity contribution < 1.29 is 14.3 Å². The van der Waals surface area contributed by atoms with Gasteiger partial charge in [0, 0.05) is 25.3 Å². The first-order valence-corrected chi connectivity index (χ1v) is 8.14. The van der Waals surface area contributed by atoms with Crippen LogP contribution >= 0.6 is 0 Å². The number of anilines is 1. The summed E-state index contributed by atoms with van der Waals surface area (Å²) in [4.78, 5) is 26.6. The summed E-state index contributed by atoms with van der Waals surface area (Å²) < 4.78 is 5.08. The van der Waals surface area contributed by atoms with Gasteiger partial charge in [-0.25, -0.2) is 4.79 Å². The van der Waals surface area contributed by atoms with Gasteiger partial charge >= 0.3 is 5.97 Å². The minimum Gasteiger partial charge on any atom is -0.457 e. The van der Waals surface area contributed by atoms with Crippen LogP contribution in [-0.2, 0) is 9.53 Å². The molecule has 0 radical (unpaired) electrons. The van der Waals surface area contributed by atoms with E-state index in [0.717, 1.165) is 11.3 Å². The van der Waals surface area contributed by atoms with Crippen LogP contribution in [0.3, 0.4) is 0 Å². The average molecular weight is 350 g/mol. The predicted molar refractivity (Wildman–Crippen MR) is 104 cm³/mol. The summed E-state index contributed by atoms with van der Waals surface area (Å²) in [6, 6.07) is 16.3. The van der Waals surface area contributed by atoms with Gasteiger partial charge in [-0.3, -0.25) is 4.79 Å². The second-order valence-electron chi connectivity index (χ2n) is 5.75. The molecule has 2 rings (SSSR count). The Hall–Kier alpha value is -3.34. The topological polar surface area (TPSA) is 58.6 Å². The minimum atomic E-state index is -0.620. The first-order valence-electron chi connectivity index (χ1n) is 8.14. The highest BCUT2D eigenvalue weighted by molar-refractivity contribution is 6.03. The first kappa shape index (κ1) is 19.0. The highest BCUT2D eigenvalue weighted by Gasteiger charge is 2.15. The first-order chi connectivity index (χ1) is 12.5. The zero-order valence-electron chi connectivity index (χ0n) is 14.9. The van der Waals surface area contributed by atoms with Crippen molar-refractivity contribution in [3.05, 3.63) is 84.1 Å². The van der Waals surface area contributed by atoms with Crippen LogP contribution in [0.15, 0.2) is 72.9 Å². The lowest BCUT2D eigenvalue weighted by atomic mass is 10.1. The highest BCUT2D eigenvalue weighted by Crippen LogP contribution is 2.15. The summed E-state index contributed by atoms with van der Waals surface area (Å²) in [7, 11) is 3.89. The lowest BCUT2D eigenvalue weighted by molar-refractivity contribution is -0.138. The maximum atomic E-state index is 12.4. The summed E-state index contributed by atoms with van der Waals surface area (Å²) in [6.07, 6.45) is 3.06. The summed E-state index contributed by atoms with van der Waals surface area (Å²) in [6.45, 7) is 3.59. The fourth-order valence-corrected chi connectivity index (χ4v) is 2.18. The fourth-order valence-electron chi connectivity index (χ4n) is 2.18. The van der Waals surface area contributed by atoms with Crippen LogP contribution in [0.1, 0.15) is 15.9 Å². The number of hydrogen-bond acceptors (Lipinski definition) is 4. The molecule has 0 saturated carbocycles. The molecule has 5 heteroatoms. The van der Waals surface area contributed by atoms with Gasteiger partial charge in [-0.15, -0.1) is 0 Å². The van der Waals surface area contributed by atoms with E-state index < -0.39 is 5.97 Å². The lowest BCUT2D eigenvalue weighted by Gasteiger charge is -2.13. The highest BCUT2D eigenvalue weighted by atomic mass is 16.5. The van der Waals surface area contributed by atoms with Crippen molar-refractivity contribution in [1.82, 2.24) is 5.32 Å². The van der Waals surface area contributed by atoms with Gasteiger partial charge in [-0.05, 0) is 35.9 Å². The van der Waals surface area contributed by atoms with Crippen LogP contribution in [0.2, 0.25) is 0 Å². The number of hydrogen-bond donors (Lipinski definition) is 1. The third kappa shape index (κ3) is 5.34. The Morgan fingerprint density at radius 2 is 1.73 bits per heavy atom. The molecule has 0 bridgehead atoms. The van der Waals surface area contributed by atoms with Gasteiger partial charge in [0.2, 0.25) is 0 Å². The van der Waals surface area contributed by atoms with Gasteiger partial charge in [0.1, 0.15) is 12.3 Å². The average Bonchev–Trinajstić information content (AvgIpc) is 2.66. The summed E-state index contributed by atoms with van der Waals surface area (Å²) >= 11 is 0. The molecule has 2 aromatic rings. The van der Waals surface area contributed by atoms with Gasteiger partial charge in [-0.1, -0.05) is 43.0 Å². The van der Waals surface area contributed by atoms with Gasteiger partial charge in [-0.2, -0.15) is 0 Å². The Kier molecular flexibility index (Phi) is 6.74. The molecule has 26 heavy (non-hydrogen) atoms. The largest absolute Gasteiger partial charge is 0.457 e. The van der Waals surface area contributed by atoms with E-state index in [0.29, 0.717) is 5.56 Å². The van der Waals surface area contributed by atoms with Gasteiger partial charge in [0.15, 0.2) is 0 Å². The number of esters is 1. The fraction of sp³-hybridized carbons (Fsp3) is 0.143. The van der Waals surface area contributed by atoms with Crippen molar-refractivity contribution in [3.63, 3.8) is 0 Å². The molecule has 1 N–H and O–H groups in total. The number of ether oxygens (including phenoxy) is 1.